The van der Waals surface area contributed by atoms with Crippen LogP contribution >= 0.6 is 0 Å². The first-order valence-corrected chi connectivity index (χ1v) is 5.50. The molecule has 1 aliphatic heterocycles. The molecule has 0 saturated carbocycles. The zero-order chi connectivity index (χ0) is 11.8. The molecule has 0 amide bonds. The molecule has 0 bridgehead atoms. The van der Waals surface area contributed by atoms with E-state index < -0.39 is 0 Å². The second-order valence-electron chi connectivity index (χ2n) is 4.06. The maximum Gasteiger partial charge on any atom is 0.282 e. The molecule has 3 rings (SSSR count). The van der Waals surface area contributed by atoms with Crippen molar-refractivity contribution in [2.24, 2.45) is 0 Å². The Labute approximate surface area is 96.9 Å². The van der Waals surface area contributed by atoms with Crippen molar-refractivity contribution in [1.82, 2.24) is 19.6 Å². The van der Waals surface area contributed by atoms with Crippen molar-refractivity contribution >= 4 is 17.0 Å². The molecular formula is C10H12N6O. The van der Waals surface area contributed by atoms with Crippen molar-refractivity contribution in [3.8, 4) is 0 Å². The molecule has 2 N–H and O–H groups in total. The minimum Gasteiger partial charge on any atom is -0.341 e. The van der Waals surface area contributed by atoms with Crippen LogP contribution in [0.25, 0.3) is 11.0 Å². The van der Waals surface area contributed by atoms with Crippen LogP contribution in [0.15, 0.2) is 17.3 Å². The summed E-state index contributed by atoms with van der Waals surface area (Å²) in [4.78, 5) is 26.3. The SMILES string of the molecule is Nn1cnc2nc(N3CCCC3)ncc2c1=O. The molecule has 0 unspecified atom stereocenters. The van der Waals surface area contributed by atoms with Gasteiger partial charge in [0.15, 0.2) is 5.65 Å². The topological polar surface area (TPSA) is 89.9 Å². The second-order valence-corrected chi connectivity index (χ2v) is 4.06. The molecule has 2 aromatic rings. The van der Waals surface area contributed by atoms with Gasteiger partial charge in [-0.2, -0.15) is 4.98 Å². The van der Waals surface area contributed by atoms with E-state index >= 15 is 0 Å². The summed E-state index contributed by atoms with van der Waals surface area (Å²) in [7, 11) is 0. The Morgan fingerprint density at radius 3 is 2.76 bits per heavy atom. The predicted octanol–water partition coefficient (Wildman–Crippen LogP) is -0.500. The van der Waals surface area contributed by atoms with E-state index in [1.807, 2.05) is 0 Å². The lowest BCUT2D eigenvalue weighted by Gasteiger charge is -2.14. The highest BCUT2D eigenvalue weighted by atomic mass is 16.1. The lowest BCUT2D eigenvalue weighted by Crippen LogP contribution is -2.28. The van der Waals surface area contributed by atoms with Crippen molar-refractivity contribution in [3.63, 3.8) is 0 Å². The number of hydrogen-bond donors (Lipinski definition) is 1. The predicted molar refractivity (Wildman–Crippen MR) is 63.2 cm³/mol. The van der Waals surface area contributed by atoms with E-state index in [1.165, 1.54) is 12.5 Å². The maximum atomic E-state index is 11.7. The number of nitrogens with two attached hydrogens (primary N) is 1. The fourth-order valence-electron chi connectivity index (χ4n) is 1.99. The number of nitrogen functional groups attached to an aromatic ring is 1. The third-order valence-electron chi connectivity index (χ3n) is 2.91. The molecule has 88 valence electrons. The summed E-state index contributed by atoms with van der Waals surface area (Å²) in [5, 5.41) is 0.345. The molecule has 0 aliphatic carbocycles. The van der Waals surface area contributed by atoms with E-state index in [-0.39, 0.29) is 5.56 Å². The smallest absolute Gasteiger partial charge is 0.282 e. The van der Waals surface area contributed by atoms with Crippen LogP contribution in [-0.2, 0) is 0 Å². The fourth-order valence-corrected chi connectivity index (χ4v) is 1.99. The third kappa shape index (κ3) is 1.59. The molecule has 1 saturated heterocycles. The Morgan fingerprint density at radius 1 is 1.24 bits per heavy atom. The van der Waals surface area contributed by atoms with Gasteiger partial charge in [0.1, 0.15) is 11.7 Å². The van der Waals surface area contributed by atoms with Gasteiger partial charge in [-0.25, -0.2) is 14.6 Å². The number of nitrogens with zero attached hydrogens (tertiary/aromatic N) is 5. The number of aromatic nitrogens is 4. The Kier molecular flexibility index (Phi) is 2.17. The number of rotatable bonds is 1. The van der Waals surface area contributed by atoms with E-state index in [9.17, 15) is 4.79 Å². The van der Waals surface area contributed by atoms with Gasteiger partial charge in [-0.1, -0.05) is 0 Å². The first-order valence-electron chi connectivity index (χ1n) is 5.50. The van der Waals surface area contributed by atoms with Crippen LogP contribution in [0.4, 0.5) is 5.95 Å². The van der Waals surface area contributed by atoms with Gasteiger partial charge in [0, 0.05) is 19.3 Å². The van der Waals surface area contributed by atoms with Crippen LogP contribution in [0.1, 0.15) is 12.8 Å². The second kappa shape index (κ2) is 3.69. The van der Waals surface area contributed by atoms with Gasteiger partial charge in [-0.15, -0.1) is 0 Å². The molecule has 0 radical (unpaired) electrons. The van der Waals surface area contributed by atoms with Crippen LogP contribution in [0, 0.1) is 0 Å². The van der Waals surface area contributed by atoms with Crippen molar-refractivity contribution in [3.05, 3.63) is 22.9 Å². The van der Waals surface area contributed by atoms with E-state index in [1.54, 1.807) is 0 Å². The van der Waals surface area contributed by atoms with Crippen LogP contribution < -0.4 is 16.3 Å². The molecule has 1 fully saturated rings. The average Bonchev–Trinajstić information content (AvgIpc) is 2.87. The first kappa shape index (κ1) is 10.0. The summed E-state index contributed by atoms with van der Waals surface area (Å²) < 4.78 is 0.932. The van der Waals surface area contributed by atoms with Crippen LogP contribution in [0.2, 0.25) is 0 Å². The summed E-state index contributed by atoms with van der Waals surface area (Å²) in [6.07, 6.45) is 5.07. The lowest BCUT2D eigenvalue weighted by molar-refractivity contribution is 0.882. The summed E-state index contributed by atoms with van der Waals surface area (Å²) in [5.41, 5.74) is 0.0663. The van der Waals surface area contributed by atoms with Gasteiger partial charge in [-0.05, 0) is 12.8 Å². The number of hydrogen-bond acceptors (Lipinski definition) is 6. The van der Waals surface area contributed by atoms with Gasteiger partial charge >= 0.3 is 0 Å². The largest absolute Gasteiger partial charge is 0.341 e. The summed E-state index contributed by atoms with van der Waals surface area (Å²) >= 11 is 0. The summed E-state index contributed by atoms with van der Waals surface area (Å²) in [5.74, 6) is 6.06. The van der Waals surface area contributed by atoms with Crippen molar-refractivity contribution in [2.45, 2.75) is 12.8 Å². The third-order valence-corrected chi connectivity index (χ3v) is 2.91. The molecule has 7 heteroatoms. The maximum absolute atomic E-state index is 11.7. The minimum absolute atomic E-state index is 0.331. The number of anilines is 1. The van der Waals surface area contributed by atoms with Crippen LogP contribution in [-0.4, -0.2) is 32.7 Å². The van der Waals surface area contributed by atoms with E-state index in [4.69, 9.17) is 5.84 Å². The summed E-state index contributed by atoms with van der Waals surface area (Å²) in [6.45, 7) is 1.92. The molecule has 1 aliphatic rings. The molecular weight excluding hydrogens is 220 g/mol. The standard InChI is InChI=1S/C10H12N6O/c11-16-6-13-8-7(9(16)17)5-12-10(14-8)15-3-1-2-4-15/h5-6H,1-4,11H2. The fraction of sp³-hybridized carbons (Fsp3) is 0.400. The van der Waals surface area contributed by atoms with Crippen molar-refractivity contribution < 1.29 is 0 Å². The highest BCUT2D eigenvalue weighted by Gasteiger charge is 2.16. The molecule has 7 nitrogen and oxygen atoms in total. The number of fused-ring (bicyclic) bond motifs is 1. The first-order chi connectivity index (χ1) is 8.25. The monoisotopic (exact) mass is 232 g/mol. The Morgan fingerprint density at radius 2 is 2.00 bits per heavy atom. The van der Waals surface area contributed by atoms with E-state index in [0.717, 1.165) is 30.6 Å². The van der Waals surface area contributed by atoms with Gasteiger partial charge in [0.25, 0.3) is 5.56 Å². The zero-order valence-electron chi connectivity index (χ0n) is 9.20. The normalized spacial score (nSPS) is 15.6. The van der Waals surface area contributed by atoms with Crippen LogP contribution in [0.5, 0.6) is 0 Å². The molecule has 0 atom stereocenters. The average molecular weight is 232 g/mol. The quantitative estimate of drug-likeness (QED) is 0.667. The van der Waals surface area contributed by atoms with E-state index in [0.29, 0.717) is 17.0 Å². The summed E-state index contributed by atoms with van der Waals surface area (Å²) in [6, 6.07) is 0. The lowest BCUT2D eigenvalue weighted by atomic mass is 10.4. The molecule has 0 spiro atoms. The molecule has 17 heavy (non-hydrogen) atoms. The highest BCUT2D eigenvalue weighted by Crippen LogP contribution is 2.16. The van der Waals surface area contributed by atoms with Gasteiger partial charge in [0.2, 0.25) is 5.95 Å². The molecule has 2 aromatic heterocycles. The minimum atomic E-state index is -0.331. The van der Waals surface area contributed by atoms with Crippen LogP contribution in [0.3, 0.4) is 0 Å². The van der Waals surface area contributed by atoms with Gasteiger partial charge in [-0.3, -0.25) is 4.79 Å². The Balaban J connectivity index is 2.13. The van der Waals surface area contributed by atoms with Crippen molar-refractivity contribution in [1.29, 1.82) is 0 Å². The van der Waals surface area contributed by atoms with Gasteiger partial charge in [0.05, 0.1) is 0 Å². The van der Waals surface area contributed by atoms with Crippen molar-refractivity contribution in [2.75, 3.05) is 23.8 Å². The Hall–Kier alpha value is -2.18. The van der Waals surface area contributed by atoms with Gasteiger partial charge < -0.3 is 10.7 Å². The Bertz CT molecular complexity index is 616. The molecule has 0 aromatic carbocycles. The molecule has 3 heterocycles. The zero-order valence-corrected chi connectivity index (χ0v) is 9.20. The highest BCUT2D eigenvalue weighted by molar-refractivity contribution is 5.73. The van der Waals surface area contributed by atoms with E-state index in [2.05, 4.69) is 19.9 Å².